The fourth-order valence-electron chi connectivity index (χ4n) is 1.28. The van der Waals surface area contributed by atoms with Crippen molar-refractivity contribution in [3.05, 3.63) is 18.7 Å². The number of rotatable bonds is 4. The second-order valence-corrected chi connectivity index (χ2v) is 3.28. The van der Waals surface area contributed by atoms with Crippen LogP contribution in [0.25, 0.3) is 0 Å². The first-order chi connectivity index (χ1) is 5.74. The third-order valence-corrected chi connectivity index (χ3v) is 2.22. The van der Waals surface area contributed by atoms with Crippen LogP contribution in [-0.4, -0.2) is 22.6 Å². The minimum Gasteiger partial charge on any atom is -0.335 e. The molecule has 2 unspecified atom stereocenters. The van der Waals surface area contributed by atoms with Crippen molar-refractivity contribution >= 4 is 0 Å². The number of imidazole rings is 1. The van der Waals surface area contributed by atoms with Crippen molar-refractivity contribution < 1.29 is 0 Å². The van der Waals surface area contributed by atoms with Crippen molar-refractivity contribution in [2.45, 2.75) is 32.4 Å². The molecule has 3 nitrogen and oxygen atoms in total. The molecule has 0 bridgehead atoms. The van der Waals surface area contributed by atoms with Crippen molar-refractivity contribution in [2.75, 3.05) is 7.05 Å². The number of aromatic nitrogens is 2. The van der Waals surface area contributed by atoms with E-state index in [2.05, 4.69) is 28.7 Å². The molecular formula is C9H17N3. The zero-order chi connectivity index (χ0) is 8.97. The molecular weight excluding hydrogens is 150 g/mol. The van der Waals surface area contributed by atoms with Gasteiger partial charge in [0, 0.05) is 24.5 Å². The van der Waals surface area contributed by atoms with Gasteiger partial charge in [-0.2, -0.15) is 0 Å². The average Bonchev–Trinajstić information content (AvgIpc) is 2.56. The molecule has 0 amide bonds. The first kappa shape index (κ1) is 9.26. The second-order valence-electron chi connectivity index (χ2n) is 3.28. The van der Waals surface area contributed by atoms with E-state index in [9.17, 15) is 0 Å². The quantitative estimate of drug-likeness (QED) is 0.735. The standard InChI is InChI=1S/C9H17N3/c1-8(10-3)6-9(2)12-5-4-11-7-12/h4-5,7-10H,6H2,1-3H3. The Labute approximate surface area is 73.8 Å². The average molecular weight is 167 g/mol. The monoisotopic (exact) mass is 167 g/mol. The third-order valence-electron chi connectivity index (χ3n) is 2.22. The Balaban J connectivity index is 2.44. The number of hydrogen-bond donors (Lipinski definition) is 1. The number of nitrogens with one attached hydrogen (secondary N) is 1. The lowest BCUT2D eigenvalue weighted by molar-refractivity contribution is 0.431. The summed E-state index contributed by atoms with van der Waals surface area (Å²) in [6, 6.07) is 1.08. The van der Waals surface area contributed by atoms with E-state index in [4.69, 9.17) is 0 Å². The molecule has 68 valence electrons. The molecule has 0 aliphatic heterocycles. The summed E-state index contributed by atoms with van der Waals surface area (Å²) in [5.74, 6) is 0. The summed E-state index contributed by atoms with van der Waals surface area (Å²) < 4.78 is 2.13. The molecule has 1 N–H and O–H groups in total. The van der Waals surface area contributed by atoms with Gasteiger partial charge in [0.15, 0.2) is 0 Å². The Morgan fingerprint density at radius 1 is 1.50 bits per heavy atom. The predicted octanol–water partition coefficient (Wildman–Crippen LogP) is 1.44. The molecule has 0 aromatic carbocycles. The highest BCUT2D eigenvalue weighted by Crippen LogP contribution is 2.11. The van der Waals surface area contributed by atoms with E-state index in [1.54, 1.807) is 0 Å². The first-order valence-electron chi connectivity index (χ1n) is 4.38. The van der Waals surface area contributed by atoms with Crippen LogP contribution >= 0.6 is 0 Å². The molecule has 0 aliphatic rings. The van der Waals surface area contributed by atoms with E-state index < -0.39 is 0 Å². The van der Waals surface area contributed by atoms with Gasteiger partial charge in [-0.05, 0) is 27.3 Å². The molecule has 2 atom stereocenters. The predicted molar refractivity (Wildman–Crippen MR) is 50.1 cm³/mol. The highest BCUT2D eigenvalue weighted by atomic mass is 15.0. The molecule has 0 fully saturated rings. The molecule has 3 heteroatoms. The van der Waals surface area contributed by atoms with Gasteiger partial charge in [-0.25, -0.2) is 4.98 Å². The molecule has 0 saturated heterocycles. The van der Waals surface area contributed by atoms with Crippen molar-refractivity contribution in [3.8, 4) is 0 Å². The topological polar surface area (TPSA) is 29.9 Å². The Hall–Kier alpha value is -0.830. The summed E-state index contributed by atoms with van der Waals surface area (Å²) in [4.78, 5) is 4.02. The van der Waals surface area contributed by atoms with E-state index in [0.29, 0.717) is 12.1 Å². The maximum Gasteiger partial charge on any atom is 0.0948 e. The van der Waals surface area contributed by atoms with Crippen LogP contribution in [0.2, 0.25) is 0 Å². The Kier molecular flexibility index (Phi) is 3.29. The molecule has 1 aromatic rings. The van der Waals surface area contributed by atoms with Gasteiger partial charge < -0.3 is 9.88 Å². The lowest BCUT2D eigenvalue weighted by Gasteiger charge is -2.17. The van der Waals surface area contributed by atoms with E-state index in [0.717, 1.165) is 6.42 Å². The van der Waals surface area contributed by atoms with E-state index >= 15 is 0 Å². The lowest BCUT2D eigenvalue weighted by atomic mass is 10.1. The molecule has 1 rings (SSSR count). The van der Waals surface area contributed by atoms with Crippen molar-refractivity contribution in [2.24, 2.45) is 0 Å². The summed E-state index contributed by atoms with van der Waals surface area (Å²) in [6.45, 7) is 4.39. The minimum atomic E-state index is 0.523. The molecule has 12 heavy (non-hydrogen) atoms. The zero-order valence-corrected chi connectivity index (χ0v) is 7.99. The maximum absolute atomic E-state index is 4.02. The molecule has 1 heterocycles. The second kappa shape index (κ2) is 4.26. The summed E-state index contributed by atoms with van der Waals surface area (Å²) in [6.07, 6.45) is 6.83. The van der Waals surface area contributed by atoms with Gasteiger partial charge in [0.2, 0.25) is 0 Å². The third kappa shape index (κ3) is 2.34. The fraction of sp³-hybridized carbons (Fsp3) is 0.667. The first-order valence-corrected chi connectivity index (χ1v) is 4.38. The van der Waals surface area contributed by atoms with Gasteiger partial charge in [0.25, 0.3) is 0 Å². The largest absolute Gasteiger partial charge is 0.335 e. The molecule has 0 radical (unpaired) electrons. The molecule has 0 saturated carbocycles. The SMILES string of the molecule is CNC(C)CC(C)n1ccnc1. The van der Waals surface area contributed by atoms with Crippen LogP contribution in [0.4, 0.5) is 0 Å². The molecule has 0 spiro atoms. The molecule has 1 aromatic heterocycles. The van der Waals surface area contributed by atoms with E-state index in [1.807, 2.05) is 25.8 Å². The van der Waals surface area contributed by atoms with Gasteiger partial charge in [-0.1, -0.05) is 0 Å². The van der Waals surface area contributed by atoms with Crippen LogP contribution in [0.3, 0.4) is 0 Å². The van der Waals surface area contributed by atoms with Crippen molar-refractivity contribution in [1.29, 1.82) is 0 Å². The Morgan fingerprint density at radius 2 is 2.25 bits per heavy atom. The number of hydrogen-bond acceptors (Lipinski definition) is 2. The summed E-state index contributed by atoms with van der Waals surface area (Å²) in [5.41, 5.74) is 0. The highest BCUT2D eigenvalue weighted by molar-refractivity contribution is 4.80. The molecule has 0 aliphatic carbocycles. The minimum absolute atomic E-state index is 0.523. The fourth-order valence-corrected chi connectivity index (χ4v) is 1.28. The van der Waals surface area contributed by atoms with Crippen LogP contribution in [0, 0.1) is 0 Å². The summed E-state index contributed by atoms with van der Waals surface area (Å²) in [5, 5.41) is 3.22. The van der Waals surface area contributed by atoms with Crippen LogP contribution in [0.15, 0.2) is 18.7 Å². The maximum atomic E-state index is 4.02. The smallest absolute Gasteiger partial charge is 0.0948 e. The van der Waals surface area contributed by atoms with Gasteiger partial charge >= 0.3 is 0 Å². The van der Waals surface area contributed by atoms with Crippen molar-refractivity contribution in [1.82, 2.24) is 14.9 Å². The summed E-state index contributed by atoms with van der Waals surface area (Å²) >= 11 is 0. The highest BCUT2D eigenvalue weighted by Gasteiger charge is 2.07. The summed E-state index contributed by atoms with van der Waals surface area (Å²) in [7, 11) is 1.99. The normalized spacial score (nSPS) is 15.9. The lowest BCUT2D eigenvalue weighted by Crippen LogP contribution is -2.24. The van der Waals surface area contributed by atoms with Gasteiger partial charge in [0.05, 0.1) is 6.33 Å². The Bertz CT molecular complexity index is 206. The van der Waals surface area contributed by atoms with Crippen LogP contribution in [-0.2, 0) is 0 Å². The van der Waals surface area contributed by atoms with Crippen LogP contribution in [0.5, 0.6) is 0 Å². The van der Waals surface area contributed by atoms with Gasteiger partial charge in [-0.3, -0.25) is 0 Å². The van der Waals surface area contributed by atoms with Crippen LogP contribution in [0.1, 0.15) is 26.3 Å². The number of nitrogens with zero attached hydrogens (tertiary/aromatic N) is 2. The van der Waals surface area contributed by atoms with E-state index in [1.165, 1.54) is 0 Å². The van der Waals surface area contributed by atoms with Gasteiger partial charge in [0.1, 0.15) is 0 Å². The Morgan fingerprint density at radius 3 is 2.75 bits per heavy atom. The van der Waals surface area contributed by atoms with Gasteiger partial charge in [-0.15, -0.1) is 0 Å². The van der Waals surface area contributed by atoms with Crippen molar-refractivity contribution in [3.63, 3.8) is 0 Å². The van der Waals surface area contributed by atoms with E-state index in [-0.39, 0.29) is 0 Å². The van der Waals surface area contributed by atoms with Crippen LogP contribution < -0.4 is 5.32 Å². The zero-order valence-electron chi connectivity index (χ0n) is 7.99.